The number of benzene rings is 3. The van der Waals surface area contributed by atoms with Crippen LogP contribution < -0.4 is 19.9 Å². The van der Waals surface area contributed by atoms with Crippen molar-refractivity contribution in [3.05, 3.63) is 83.4 Å². The van der Waals surface area contributed by atoms with Crippen LogP contribution in [0.25, 0.3) is 0 Å². The molecule has 8 heteroatoms. The molecule has 2 heterocycles. The predicted octanol–water partition coefficient (Wildman–Crippen LogP) is 4.23. The quantitative estimate of drug-likeness (QED) is 0.583. The minimum absolute atomic E-state index is 0.133. The second kappa shape index (κ2) is 8.78. The summed E-state index contributed by atoms with van der Waals surface area (Å²) < 4.78 is 5.22. The fourth-order valence-electron chi connectivity index (χ4n) is 4.84. The molecule has 178 valence electrons. The molecule has 3 aromatic rings. The van der Waals surface area contributed by atoms with Gasteiger partial charge in [0, 0.05) is 23.0 Å². The summed E-state index contributed by atoms with van der Waals surface area (Å²) in [6, 6.07) is 20.3. The standard InChI is InChI=1S/C27H25N3O4S/c1-17-11-18(2)13-20(12-17)30-25(32)16-35-27(30)22-9-4-5-10-23(22)29(26(27)33)15-24(31)28-19-7-6-8-21(14-19)34-3/h4-14H,15-16H2,1-3H3,(H,28,31)/t27-/m0/s1. The maximum atomic E-state index is 14.1. The first kappa shape index (κ1) is 23.0. The van der Waals surface area contributed by atoms with Crippen LogP contribution in [0.3, 0.4) is 0 Å². The Morgan fingerprint density at radius 2 is 1.77 bits per heavy atom. The van der Waals surface area contributed by atoms with Gasteiger partial charge in [0.1, 0.15) is 12.3 Å². The highest BCUT2D eigenvalue weighted by atomic mass is 32.2. The topological polar surface area (TPSA) is 79.0 Å². The van der Waals surface area contributed by atoms with Crippen molar-refractivity contribution < 1.29 is 19.1 Å². The van der Waals surface area contributed by atoms with E-state index in [-0.39, 0.29) is 30.0 Å². The molecule has 7 nitrogen and oxygen atoms in total. The molecule has 3 aromatic carbocycles. The smallest absolute Gasteiger partial charge is 0.269 e. The lowest BCUT2D eigenvalue weighted by molar-refractivity contribution is -0.124. The first-order chi connectivity index (χ1) is 16.8. The molecule has 0 saturated carbocycles. The van der Waals surface area contributed by atoms with E-state index in [1.165, 1.54) is 16.7 Å². The Labute approximate surface area is 208 Å². The van der Waals surface area contributed by atoms with Crippen molar-refractivity contribution >= 4 is 46.5 Å². The van der Waals surface area contributed by atoms with Gasteiger partial charge >= 0.3 is 0 Å². The molecular formula is C27H25N3O4S. The van der Waals surface area contributed by atoms with Crippen LogP contribution in [0.15, 0.2) is 66.7 Å². The Hall–Kier alpha value is -3.78. The van der Waals surface area contributed by atoms with Crippen molar-refractivity contribution in [3.8, 4) is 5.75 Å². The predicted molar refractivity (Wildman–Crippen MR) is 138 cm³/mol. The largest absolute Gasteiger partial charge is 0.497 e. The maximum Gasteiger partial charge on any atom is 0.269 e. The van der Waals surface area contributed by atoms with Crippen LogP contribution in [0.4, 0.5) is 17.1 Å². The summed E-state index contributed by atoms with van der Waals surface area (Å²) >= 11 is 1.30. The van der Waals surface area contributed by atoms with Crippen molar-refractivity contribution in [2.75, 3.05) is 34.5 Å². The van der Waals surface area contributed by atoms with Gasteiger partial charge in [-0.25, -0.2) is 0 Å². The fraction of sp³-hybridized carbons (Fsp3) is 0.222. The average molecular weight is 488 g/mol. The number of hydrogen-bond acceptors (Lipinski definition) is 5. The molecular weight excluding hydrogens is 462 g/mol. The molecule has 2 aliphatic heterocycles. The van der Waals surface area contributed by atoms with Crippen LogP contribution in [-0.2, 0) is 19.3 Å². The number of hydrogen-bond donors (Lipinski definition) is 1. The van der Waals surface area contributed by atoms with Gasteiger partial charge in [0.25, 0.3) is 5.91 Å². The Kier molecular flexibility index (Phi) is 5.76. The van der Waals surface area contributed by atoms with Crippen molar-refractivity contribution in [1.29, 1.82) is 0 Å². The van der Waals surface area contributed by atoms with Gasteiger partial charge in [0.15, 0.2) is 0 Å². The number of ether oxygens (including phenoxy) is 1. The van der Waals surface area contributed by atoms with Crippen LogP contribution in [0.1, 0.15) is 16.7 Å². The van der Waals surface area contributed by atoms with Crippen LogP contribution in [0, 0.1) is 13.8 Å². The summed E-state index contributed by atoms with van der Waals surface area (Å²) in [6.07, 6.45) is 0. The second-order valence-electron chi connectivity index (χ2n) is 8.70. The van der Waals surface area contributed by atoms with Crippen LogP contribution >= 0.6 is 11.8 Å². The number of nitrogens with one attached hydrogen (secondary N) is 1. The van der Waals surface area contributed by atoms with E-state index in [0.29, 0.717) is 28.4 Å². The molecule has 2 aliphatic rings. The summed E-state index contributed by atoms with van der Waals surface area (Å²) in [5.41, 5.74) is 4.62. The number of aryl methyl sites for hydroxylation is 2. The highest BCUT2D eigenvalue weighted by Crippen LogP contribution is 2.55. The third kappa shape index (κ3) is 3.83. The van der Waals surface area contributed by atoms with E-state index >= 15 is 0 Å². The third-order valence-corrected chi connectivity index (χ3v) is 7.57. The monoisotopic (exact) mass is 487 g/mol. The van der Waals surface area contributed by atoms with Gasteiger partial charge in [0.05, 0.1) is 18.6 Å². The van der Waals surface area contributed by atoms with Crippen LogP contribution in [-0.4, -0.2) is 37.1 Å². The van der Waals surface area contributed by atoms with Crippen LogP contribution in [0.2, 0.25) is 0 Å². The summed E-state index contributed by atoms with van der Waals surface area (Å²) in [7, 11) is 1.56. The molecule has 0 radical (unpaired) electrons. The number of carbonyl (C=O) groups excluding carboxylic acids is 3. The number of amides is 3. The molecule has 3 amide bonds. The number of rotatable bonds is 5. The Morgan fingerprint density at radius 1 is 1.03 bits per heavy atom. The Balaban J connectivity index is 1.51. The van der Waals surface area contributed by atoms with Gasteiger partial charge in [-0.15, -0.1) is 11.8 Å². The minimum atomic E-state index is -1.25. The van der Waals surface area contributed by atoms with Crippen molar-refractivity contribution in [1.82, 2.24) is 0 Å². The zero-order valence-electron chi connectivity index (χ0n) is 19.7. The number of carbonyl (C=O) groups is 3. The highest BCUT2D eigenvalue weighted by Gasteiger charge is 2.61. The molecule has 5 rings (SSSR count). The highest BCUT2D eigenvalue weighted by molar-refractivity contribution is 8.02. The zero-order chi connectivity index (χ0) is 24.7. The molecule has 0 unspecified atom stereocenters. The fourth-order valence-corrected chi connectivity index (χ4v) is 6.20. The number of methoxy groups -OCH3 is 1. The Morgan fingerprint density at radius 3 is 2.51 bits per heavy atom. The van der Waals surface area contributed by atoms with Gasteiger partial charge in [-0.3, -0.25) is 24.2 Å². The molecule has 1 saturated heterocycles. The number of para-hydroxylation sites is 1. The number of anilines is 3. The molecule has 1 N–H and O–H groups in total. The lowest BCUT2D eigenvalue weighted by Gasteiger charge is -2.33. The molecule has 1 spiro atoms. The van der Waals surface area contributed by atoms with E-state index in [4.69, 9.17) is 4.74 Å². The summed E-state index contributed by atoms with van der Waals surface area (Å²) in [6.45, 7) is 3.76. The van der Waals surface area contributed by atoms with Gasteiger partial charge in [-0.2, -0.15) is 0 Å². The SMILES string of the molecule is COc1cccc(NC(=O)CN2C(=O)[C@@]3(SCC(=O)N3c3cc(C)cc(C)c3)c3ccccc32)c1. The molecule has 35 heavy (non-hydrogen) atoms. The van der Waals surface area contributed by atoms with E-state index in [2.05, 4.69) is 5.32 Å². The van der Waals surface area contributed by atoms with Crippen molar-refractivity contribution in [2.45, 2.75) is 18.7 Å². The van der Waals surface area contributed by atoms with Crippen molar-refractivity contribution in [2.24, 2.45) is 0 Å². The minimum Gasteiger partial charge on any atom is -0.497 e. The van der Waals surface area contributed by atoms with Gasteiger partial charge in [-0.1, -0.05) is 30.3 Å². The molecule has 0 bridgehead atoms. The summed E-state index contributed by atoms with van der Waals surface area (Å²) in [5, 5.41) is 2.84. The average Bonchev–Trinajstić information content (AvgIpc) is 3.29. The lowest BCUT2D eigenvalue weighted by atomic mass is 10.0. The summed E-state index contributed by atoms with van der Waals surface area (Å²) in [5.74, 6) is 0.0251. The first-order valence-electron chi connectivity index (χ1n) is 11.2. The lowest BCUT2D eigenvalue weighted by Crippen LogP contribution is -2.51. The molecule has 1 atom stereocenters. The third-order valence-electron chi connectivity index (χ3n) is 6.18. The molecule has 0 aliphatic carbocycles. The maximum absolute atomic E-state index is 14.1. The van der Waals surface area contributed by atoms with E-state index in [9.17, 15) is 14.4 Å². The van der Waals surface area contributed by atoms with Crippen LogP contribution in [0.5, 0.6) is 5.75 Å². The van der Waals surface area contributed by atoms with E-state index < -0.39 is 4.87 Å². The Bertz CT molecular complexity index is 1340. The number of thioether (sulfide) groups is 1. The number of fused-ring (bicyclic) bond motifs is 2. The summed E-state index contributed by atoms with van der Waals surface area (Å²) in [4.78, 5) is 42.1. The molecule has 1 fully saturated rings. The van der Waals surface area contributed by atoms with Gasteiger partial charge < -0.3 is 10.1 Å². The second-order valence-corrected chi connectivity index (χ2v) is 9.86. The zero-order valence-corrected chi connectivity index (χ0v) is 20.5. The molecule has 0 aromatic heterocycles. The number of nitrogens with zero attached hydrogens (tertiary/aromatic N) is 2. The van der Waals surface area contributed by atoms with E-state index in [0.717, 1.165) is 11.1 Å². The van der Waals surface area contributed by atoms with Crippen molar-refractivity contribution in [3.63, 3.8) is 0 Å². The van der Waals surface area contributed by atoms with Gasteiger partial charge in [-0.05, 0) is 55.3 Å². The van der Waals surface area contributed by atoms with E-state index in [1.54, 1.807) is 36.3 Å². The first-order valence-corrected chi connectivity index (χ1v) is 12.2. The van der Waals surface area contributed by atoms with E-state index in [1.807, 2.05) is 56.3 Å². The normalized spacial score (nSPS) is 18.8. The van der Waals surface area contributed by atoms with Gasteiger partial charge in [0.2, 0.25) is 16.7 Å².